The summed E-state index contributed by atoms with van der Waals surface area (Å²) in [4.78, 5) is 0. The number of nitrogens with one attached hydrogen (secondary N) is 2. The number of hydrogen-bond acceptors (Lipinski definition) is 1. The van der Waals surface area contributed by atoms with E-state index >= 15 is 0 Å². The summed E-state index contributed by atoms with van der Waals surface area (Å²) in [6, 6.07) is 5.28. The van der Waals surface area contributed by atoms with Gasteiger partial charge in [0.2, 0.25) is 0 Å². The maximum absolute atomic E-state index is 5.57. The molecule has 1 aromatic carbocycles. The van der Waals surface area contributed by atoms with Gasteiger partial charge in [0.1, 0.15) is 0 Å². The smallest absolute Gasteiger partial charge is 0.171 e. The second-order valence-electron chi connectivity index (χ2n) is 7.17. The number of hydrogen-bond donors (Lipinski definition) is 2. The second-order valence-corrected chi connectivity index (χ2v) is 7.58. The van der Waals surface area contributed by atoms with Crippen LogP contribution in [0.1, 0.15) is 70.1 Å². The zero-order valence-corrected chi connectivity index (χ0v) is 16.0. The van der Waals surface area contributed by atoms with Crippen molar-refractivity contribution in [1.29, 1.82) is 0 Å². The quantitative estimate of drug-likeness (QED) is 0.697. The summed E-state index contributed by atoms with van der Waals surface area (Å²) in [6.07, 6.45) is 8.35. The summed E-state index contributed by atoms with van der Waals surface area (Å²) >= 11 is 5.57. The minimum atomic E-state index is 0.561. The molecule has 0 spiro atoms. The first-order valence-corrected chi connectivity index (χ1v) is 9.66. The molecule has 0 amide bonds. The third-order valence-corrected chi connectivity index (χ3v) is 4.92. The molecule has 1 aliphatic rings. The summed E-state index contributed by atoms with van der Waals surface area (Å²) in [7, 11) is 0. The first kappa shape index (κ1) is 18.3. The molecule has 0 atom stereocenters. The number of thiocarbonyl (C=S) groups is 1. The standard InChI is InChI=1S/C20H32N2S/c1-5-16-12-15(11-14(3)4)13-17(6-2)19(16)22-20(23)21-18-9-7-8-10-18/h12-14,18H,5-11H2,1-4H3,(H2,21,22,23). The molecule has 0 heterocycles. The minimum absolute atomic E-state index is 0.561. The minimum Gasteiger partial charge on any atom is -0.360 e. The average Bonchev–Trinajstić information content (AvgIpc) is 3.00. The lowest BCUT2D eigenvalue weighted by atomic mass is 9.94. The van der Waals surface area contributed by atoms with E-state index in [2.05, 4.69) is 50.5 Å². The molecule has 0 aliphatic heterocycles. The molecule has 2 nitrogen and oxygen atoms in total. The van der Waals surface area contributed by atoms with Gasteiger partial charge in [-0.25, -0.2) is 0 Å². The van der Waals surface area contributed by atoms with Gasteiger partial charge < -0.3 is 10.6 Å². The Morgan fingerprint density at radius 3 is 2.17 bits per heavy atom. The van der Waals surface area contributed by atoms with Gasteiger partial charge in [0.05, 0.1) is 0 Å². The normalized spacial score (nSPS) is 15.2. The lowest BCUT2D eigenvalue weighted by Crippen LogP contribution is -2.36. The van der Waals surface area contributed by atoms with Crippen LogP contribution in [0.15, 0.2) is 12.1 Å². The molecule has 0 saturated heterocycles. The summed E-state index contributed by atoms with van der Waals surface area (Å²) in [5, 5.41) is 7.80. The van der Waals surface area contributed by atoms with Crippen molar-refractivity contribution in [2.24, 2.45) is 5.92 Å². The summed E-state index contributed by atoms with van der Waals surface area (Å²) in [5.41, 5.74) is 5.46. The first-order chi connectivity index (χ1) is 11.0. The molecular weight excluding hydrogens is 300 g/mol. The Kier molecular flexibility index (Phi) is 6.88. The zero-order valence-electron chi connectivity index (χ0n) is 15.2. The number of benzene rings is 1. The SMILES string of the molecule is CCc1cc(CC(C)C)cc(CC)c1NC(=S)NC1CCCC1. The molecule has 1 aliphatic carbocycles. The van der Waals surface area contributed by atoms with Crippen LogP contribution in [0, 0.1) is 5.92 Å². The molecule has 0 radical (unpaired) electrons. The van der Waals surface area contributed by atoms with Crippen LogP contribution in [0.25, 0.3) is 0 Å². The molecule has 1 fully saturated rings. The summed E-state index contributed by atoms with van der Waals surface area (Å²) < 4.78 is 0. The van der Waals surface area contributed by atoms with Crippen LogP contribution in [0.4, 0.5) is 5.69 Å². The Bertz CT molecular complexity index is 505. The molecule has 23 heavy (non-hydrogen) atoms. The van der Waals surface area contributed by atoms with Gasteiger partial charge in [-0.05, 0) is 66.9 Å². The van der Waals surface area contributed by atoms with Crippen molar-refractivity contribution in [3.05, 3.63) is 28.8 Å². The van der Waals surface area contributed by atoms with Gasteiger partial charge in [0.25, 0.3) is 0 Å². The largest absolute Gasteiger partial charge is 0.360 e. The second kappa shape index (κ2) is 8.68. The van der Waals surface area contributed by atoms with Crippen LogP contribution >= 0.6 is 12.2 Å². The molecule has 3 heteroatoms. The Labute approximate surface area is 147 Å². The van der Waals surface area contributed by atoms with Gasteiger partial charge >= 0.3 is 0 Å². The van der Waals surface area contributed by atoms with E-state index in [1.165, 1.54) is 48.1 Å². The van der Waals surface area contributed by atoms with E-state index < -0.39 is 0 Å². The van der Waals surface area contributed by atoms with Crippen molar-refractivity contribution in [3.8, 4) is 0 Å². The topological polar surface area (TPSA) is 24.1 Å². The van der Waals surface area contributed by atoms with Crippen molar-refractivity contribution >= 4 is 23.0 Å². The molecule has 0 bridgehead atoms. The van der Waals surface area contributed by atoms with E-state index in [4.69, 9.17) is 12.2 Å². The van der Waals surface area contributed by atoms with Gasteiger partial charge in [0.15, 0.2) is 5.11 Å². The predicted octanol–water partition coefficient (Wildman–Crippen LogP) is 5.24. The number of anilines is 1. The van der Waals surface area contributed by atoms with Crippen LogP contribution in [-0.4, -0.2) is 11.2 Å². The monoisotopic (exact) mass is 332 g/mol. The Hall–Kier alpha value is -1.09. The van der Waals surface area contributed by atoms with Crippen molar-refractivity contribution < 1.29 is 0 Å². The highest BCUT2D eigenvalue weighted by molar-refractivity contribution is 7.80. The zero-order chi connectivity index (χ0) is 16.8. The molecule has 0 aromatic heterocycles. The van der Waals surface area contributed by atoms with E-state index in [1.807, 2.05) is 0 Å². The van der Waals surface area contributed by atoms with Crippen molar-refractivity contribution in [1.82, 2.24) is 5.32 Å². The molecule has 2 N–H and O–H groups in total. The van der Waals surface area contributed by atoms with Gasteiger partial charge in [-0.15, -0.1) is 0 Å². The van der Waals surface area contributed by atoms with Gasteiger partial charge in [-0.3, -0.25) is 0 Å². The highest BCUT2D eigenvalue weighted by Gasteiger charge is 2.17. The van der Waals surface area contributed by atoms with Crippen molar-refractivity contribution in [2.75, 3.05) is 5.32 Å². The first-order valence-electron chi connectivity index (χ1n) is 9.25. The fourth-order valence-corrected chi connectivity index (χ4v) is 3.82. The lowest BCUT2D eigenvalue weighted by Gasteiger charge is -2.21. The fraction of sp³-hybridized carbons (Fsp3) is 0.650. The van der Waals surface area contributed by atoms with E-state index in [0.717, 1.165) is 24.4 Å². The molecule has 1 aromatic rings. The van der Waals surface area contributed by atoms with Gasteiger partial charge in [-0.1, -0.05) is 52.7 Å². The fourth-order valence-electron chi connectivity index (χ4n) is 3.55. The molecule has 1 saturated carbocycles. The third kappa shape index (κ3) is 5.20. The maximum Gasteiger partial charge on any atom is 0.171 e. The predicted molar refractivity (Wildman–Crippen MR) is 105 cm³/mol. The number of rotatable bonds is 6. The van der Waals surface area contributed by atoms with E-state index in [0.29, 0.717) is 12.0 Å². The Morgan fingerprint density at radius 2 is 1.70 bits per heavy atom. The van der Waals surface area contributed by atoms with Crippen LogP contribution in [-0.2, 0) is 19.3 Å². The molecular formula is C20H32N2S. The highest BCUT2D eigenvalue weighted by Crippen LogP contribution is 2.26. The van der Waals surface area contributed by atoms with Crippen LogP contribution in [0.5, 0.6) is 0 Å². The van der Waals surface area contributed by atoms with Gasteiger partial charge in [-0.2, -0.15) is 0 Å². The van der Waals surface area contributed by atoms with Crippen LogP contribution < -0.4 is 10.6 Å². The van der Waals surface area contributed by atoms with E-state index in [9.17, 15) is 0 Å². The Balaban J connectivity index is 2.16. The van der Waals surface area contributed by atoms with Crippen LogP contribution in [0.2, 0.25) is 0 Å². The molecule has 0 unspecified atom stereocenters. The van der Waals surface area contributed by atoms with Gasteiger partial charge in [0, 0.05) is 11.7 Å². The summed E-state index contributed by atoms with van der Waals surface area (Å²) in [6.45, 7) is 9.02. The van der Waals surface area contributed by atoms with Crippen molar-refractivity contribution in [2.45, 2.75) is 78.7 Å². The average molecular weight is 333 g/mol. The molecule has 2 rings (SSSR count). The molecule has 128 valence electrons. The number of aryl methyl sites for hydroxylation is 2. The van der Waals surface area contributed by atoms with E-state index in [-0.39, 0.29) is 0 Å². The maximum atomic E-state index is 5.57. The lowest BCUT2D eigenvalue weighted by molar-refractivity contribution is 0.634. The Morgan fingerprint density at radius 1 is 1.13 bits per heavy atom. The van der Waals surface area contributed by atoms with E-state index in [1.54, 1.807) is 0 Å². The highest BCUT2D eigenvalue weighted by atomic mass is 32.1. The summed E-state index contributed by atoms with van der Waals surface area (Å²) in [5.74, 6) is 0.688. The third-order valence-electron chi connectivity index (χ3n) is 4.70. The van der Waals surface area contributed by atoms with Crippen molar-refractivity contribution in [3.63, 3.8) is 0 Å². The van der Waals surface area contributed by atoms with Crippen LogP contribution in [0.3, 0.4) is 0 Å².